The van der Waals surface area contributed by atoms with Crippen molar-refractivity contribution in [3.8, 4) is 17.1 Å². The molecule has 4 aromatic rings. The summed E-state index contributed by atoms with van der Waals surface area (Å²) in [6.07, 6.45) is 9.31. The van der Waals surface area contributed by atoms with Crippen molar-refractivity contribution >= 4 is 39.9 Å². The highest BCUT2D eigenvalue weighted by atomic mass is 35.5. The standard InChI is InChI=1S/C38H43N5O4S.ClH/c1-25-11-9-12-26(2)35(25)33-20-34-41-37(40-33)42-48(45,46)32-16-10-15-28(19-32)36(44)43(31(24-47-34)21-38(3,4)5)23-30-18-17-29(22-39-30)27-13-7-6-8-14-27;/h9-13,15-20,22,31H,6-8,14,21,23-24H2,1-5H3,(H,40,41,42);1H/t31-;/m1./s1. The van der Waals surface area contributed by atoms with Gasteiger partial charge >= 0.3 is 0 Å². The SMILES string of the molecule is Cc1cccc(C)c1-c1cc2nc(n1)NS(=O)(=O)c1cccc(c1)C(=O)N(Cc1ccc(C3=CCCCC3)cn1)[C@H](CC(C)(C)C)CO2.Cl. The lowest BCUT2D eigenvalue weighted by molar-refractivity contribution is 0.0509. The van der Waals surface area contributed by atoms with Gasteiger partial charge in [0.25, 0.3) is 15.9 Å². The quantitative estimate of drug-likeness (QED) is 0.223. The van der Waals surface area contributed by atoms with Gasteiger partial charge in [-0.05, 0) is 97.9 Å². The van der Waals surface area contributed by atoms with Gasteiger partial charge in [0, 0.05) is 23.4 Å². The predicted molar refractivity (Wildman–Crippen MR) is 195 cm³/mol. The molecule has 3 heterocycles. The second-order valence-corrected chi connectivity index (χ2v) is 15.7. The van der Waals surface area contributed by atoms with Gasteiger partial charge in [-0.15, -0.1) is 12.4 Å². The third-order valence-electron chi connectivity index (χ3n) is 8.85. The number of nitrogens with one attached hydrogen (secondary N) is 1. The first-order valence-electron chi connectivity index (χ1n) is 16.5. The Morgan fingerprint density at radius 2 is 1.71 bits per heavy atom. The largest absolute Gasteiger partial charge is 0.475 e. The molecule has 0 unspecified atom stereocenters. The zero-order chi connectivity index (χ0) is 34.1. The molecule has 2 aliphatic rings. The first kappa shape index (κ1) is 36.0. The van der Waals surface area contributed by atoms with Crippen molar-refractivity contribution in [2.75, 3.05) is 11.3 Å². The number of carbonyl (C=O) groups is 1. The lowest BCUT2D eigenvalue weighted by atomic mass is 9.87. The fourth-order valence-electron chi connectivity index (χ4n) is 6.53. The summed E-state index contributed by atoms with van der Waals surface area (Å²) >= 11 is 0. The topological polar surface area (TPSA) is 114 Å². The van der Waals surface area contributed by atoms with E-state index in [1.807, 2.05) is 44.3 Å². The van der Waals surface area contributed by atoms with E-state index in [2.05, 4.69) is 47.6 Å². The second kappa shape index (κ2) is 14.7. The molecule has 9 nitrogen and oxygen atoms in total. The van der Waals surface area contributed by atoms with Crippen LogP contribution in [0.15, 0.2) is 77.8 Å². The molecule has 49 heavy (non-hydrogen) atoms. The molecule has 2 aromatic carbocycles. The normalized spacial score (nSPS) is 17.7. The maximum Gasteiger partial charge on any atom is 0.264 e. The molecule has 0 saturated heterocycles. The Morgan fingerprint density at radius 1 is 0.959 bits per heavy atom. The lowest BCUT2D eigenvalue weighted by Crippen LogP contribution is -2.45. The molecule has 6 rings (SSSR count). The summed E-state index contributed by atoms with van der Waals surface area (Å²) in [5.41, 5.74) is 6.62. The zero-order valence-corrected chi connectivity index (χ0v) is 30.3. The molecule has 1 amide bonds. The summed E-state index contributed by atoms with van der Waals surface area (Å²) in [4.78, 5) is 30.0. The van der Waals surface area contributed by atoms with E-state index in [1.54, 1.807) is 23.1 Å². The average Bonchev–Trinajstić information content (AvgIpc) is 3.05. The number of sulfonamides is 1. The van der Waals surface area contributed by atoms with Gasteiger partial charge < -0.3 is 9.64 Å². The first-order chi connectivity index (χ1) is 22.9. The van der Waals surface area contributed by atoms with Crippen molar-refractivity contribution in [2.45, 2.75) is 84.2 Å². The molecule has 0 fully saturated rings. The van der Waals surface area contributed by atoms with Gasteiger partial charge in [-0.3, -0.25) is 9.78 Å². The number of hydrogen-bond donors (Lipinski definition) is 1. The molecular formula is C38H44ClN5O4S. The van der Waals surface area contributed by atoms with Crippen LogP contribution in [0.4, 0.5) is 5.95 Å². The molecule has 1 aliphatic heterocycles. The Hall–Kier alpha value is -4.28. The molecule has 0 spiro atoms. The summed E-state index contributed by atoms with van der Waals surface area (Å²) in [6.45, 7) is 10.7. The van der Waals surface area contributed by atoms with E-state index in [-0.39, 0.29) is 59.2 Å². The smallest absolute Gasteiger partial charge is 0.264 e. The van der Waals surface area contributed by atoms with Crippen LogP contribution in [0.2, 0.25) is 0 Å². The number of pyridine rings is 1. The number of nitrogens with zero attached hydrogens (tertiary/aromatic N) is 4. The Labute approximate surface area is 295 Å². The van der Waals surface area contributed by atoms with E-state index in [9.17, 15) is 13.2 Å². The van der Waals surface area contributed by atoms with Crippen molar-refractivity contribution in [1.29, 1.82) is 0 Å². The number of halogens is 1. The summed E-state index contributed by atoms with van der Waals surface area (Å²) in [5.74, 6) is -0.206. The van der Waals surface area contributed by atoms with Crippen molar-refractivity contribution < 1.29 is 17.9 Å². The van der Waals surface area contributed by atoms with Gasteiger partial charge in [0.1, 0.15) is 6.61 Å². The van der Waals surface area contributed by atoms with E-state index in [0.717, 1.165) is 40.8 Å². The van der Waals surface area contributed by atoms with Crippen molar-refractivity contribution in [3.63, 3.8) is 0 Å². The van der Waals surface area contributed by atoms with Crippen LogP contribution < -0.4 is 9.46 Å². The maximum absolute atomic E-state index is 14.4. The number of aromatic nitrogens is 3. The Balaban J connectivity index is 0.00000468. The Morgan fingerprint density at radius 3 is 2.39 bits per heavy atom. The third kappa shape index (κ3) is 8.48. The average molecular weight is 702 g/mol. The highest BCUT2D eigenvalue weighted by molar-refractivity contribution is 7.92. The number of fused-ring (bicyclic) bond motifs is 4. The van der Waals surface area contributed by atoms with Gasteiger partial charge in [-0.1, -0.05) is 57.2 Å². The number of aryl methyl sites for hydroxylation is 2. The van der Waals surface area contributed by atoms with Crippen LogP contribution in [0.1, 0.15) is 85.6 Å². The minimum absolute atomic E-state index is 0. The fourth-order valence-corrected chi connectivity index (χ4v) is 7.52. The molecule has 2 aromatic heterocycles. The zero-order valence-electron chi connectivity index (χ0n) is 28.7. The van der Waals surface area contributed by atoms with E-state index in [1.165, 1.54) is 30.5 Å². The number of amides is 1. The monoisotopic (exact) mass is 701 g/mol. The van der Waals surface area contributed by atoms with Gasteiger partial charge in [-0.25, -0.2) is 18.1 Å². The summed E-state index contributed by atoms with van der Waals surface area (Å²) < 4.78 is 36.3. The molecular weight excluding hydrogens is 658 g/mol. The van der Waals surface area contributed by atoms with E-state index >= 15 is 0 Å². The van der Waals surface area contributed by atoms with Crippen LogP contribution >= 0.6 is 12.4 Å². The maximum atomic E-state index is 14.4. The summed E-state index contributed by atoms with van der Waals surface area (Å²) in [7, 11) is -4.15. The molecule has 1 atom stereocenters. The highest BCUT2D eigenvalue weighted by Gasteiger charge is 2.32. The van der Waals surface area contributed by atoms with Crippen LogP contribution in [0.25, 0.3) is 16.8 Å². The summed E-state index contributed by atoms with van der Waals surface area (Å²) in [6, 6.07) is 17.4. The van der Waals surface area contributed by atoms with Gasteiger partial charge in [0.15, 0.2) is 0 Å². The first-order valence-corrected chi connectivity index (χ1v) is 18.0. The molecule has 11 heteroatoms. The van der Waals surface area contributed by atoms with E-state index in [0.29, 0.717) is 12.1 Å². The number of allylic oxidation sites excluding steroid dienone is 2. The van der Waals surface area contributed by atoms with Gasteiger partial charge in [-0.2, -0.15) is 4.98 Å². The minimum Gasteiger partial charge on any atom is -0.475 e. The lowest BCUT2D eigenvalue weighted by Gasteiger charge is -2.35. The van der Waals surface area contributed by atoms with Crippen molar-refractivity contribution in [1.82, 2.24) is 19.9 Å². The molecule has 1 aliphatic carbocycles. The number of rotatable bonds is 5. The second-order valence-electron chi connectivity index (χ2n) is 14.0. The van der Waals surface area contributed by atoms with E-state index < -0.39 is 16.1 Å². The van der Waals surface area contributed by atoms with Crippen LogP contribution in [-0.2, 0) is 16.6 Å². The van der Waals surface area contributed by atoms with Crippen LogP contribution in [0, 0.1) is 19.3 Å². The molecule has 0 radical (unpaired) electrons. The number of ether oxygens (including phenoxy) is 1. The molecule has 1 N–H and O–H groups in total. The van der Waals surface area contributed by atoms with Gasteiger partial charge in [0.2, 0.25) is 11.8 Å². The molecule has 4 bridgehead atoms. The summed E-state index contributed by atoms with van der Waals surface area (Å²) in [5, 5.41) is 0. The third-order valence-corrected chi connectivity index (χ3v) is 10.2. The number of hydrogen-bond acceptors (Lipinski definition) is 7. The molecule has 0 saturated carbocycles. The number of benzene rings is 2. The molecule has 258 valence electrons. The van der Waals surface area contributed by atoms with Gasteiger partial charge in [0.05, 0.1) is 28.9 Å². The highest BCUT2D eigenvalue weighted by Crippen LogP contribution is 2.32. The number of carbonyl (C=O) groups excluding carboxylic acids is 1. The van der Waals surface area contributed by atoms with E-state index in [4.69, 9.17) is 9.72 Å². The Bertz CT molecular complexity index is 1950. The predicted octanol–water partition coefficient (Wildman–Crippen LogP) is 8.18. The fraction of sp³-hybridized carbons (Fsp3) is 0.368. The Kier molecular flexibility index (Phi) is 10.8. The van der Waals surface area contributed by atoms with Crippen molar-refractivity contribution in [2.24, 2.45) is 5.41 Å². The van der Waals surface area contributed by atoms with Crippen LogP contribution in [0.5, 0.6) is 5.88 Å². The van der Waals surface area contributed by atoms with Crippen LogP contribution in [0.3, 0.4) is 0 Å². The van der Waals surface area contributed by atoms with Crippen LogP contribution in [-0.4, -0.2) is 46.8 Å². The number of anilines is 1. The minimum atomic E-state index is -4.15. The van der Waals surface area contributed by atoms with Crippen molar-refractivity contribution in [3.05, 3.63) is 101 Å².